The second-order valence-corrected chi connectivity index (χ2v) is 3.38. The third-order valence-corrected chi connectivity index (χ3v) is 2.50. The minimum atomic E-state index is 0.577. The highest BCUT2D eigenvalue weighted by Crippen LogP contribution is 2.24. The normalized spacial score (nSPS) is 22.9. The zero-order valence-corrected chi connectivity index (χ0v) is 7.38. The van der Waals surface area contributed by atoms with Crippen LogP contribution >= 0.6 is 0 Å². The van der Waals surface area contributed by atoms with E-state index in [9.17, 15) is 0 Å². The summed E-state index contributed by atoms with van der Waals surface area (Å²) in [5.74, 6) is 0. The fourth-order valence-electron chi connectivity index (χ4n) is 1.83. The molecule has 1 aromatic heterocycles. The topological polar surface area (TPSA) is 24.9 Å². The first-order valence-electron chi connectivity index (χ1n) is 4.52. The Balaban J connectivity index is 2.26. The summed E-state index contributed by atoms with van der Waals surface area (Å²) in [5.41, 5.74) is 2.72. The number of nitrogens with zero attached hydrogens (tertiary/aromatic N) is 1. The van der Waals surface area contributed by atoms with Crippen LogP contribution in [0.2, 0.25) is 0 Å². The van der Waals surface area contributed by atoms with Gasteiger partial charge in [-0.1, -0.05) is 0 Å². The van der Waals surface area contributed by atoms with E-state index in [4.69, 9.17) is 0 Å². The Labute approximate surface area is 73.0 Å². The van der Waals surface area contributed by atoms with Crippen LogP contribution in [0.5, 0.6) is 0 Å². The van der Waals surface area contributed by atoms with Gasteiger partial charge in [0.25, 0.3) is 0 Å². The van der Waals surface area contributed by atoms with Crippen LogP contribution < -0.4 is 5.32 Å². The van der Waals surface area contributed by atoms with Crippen LogP contribution in [0.15, 0.2) is 18.5 Å². The molecule has 0 aromatic carbocycles. The molecule has 0 saturated carbocycles. The maximum absolute atomic E-state index is 4.09. The van der Waals surface area contributed by atoms with Crippen molar-refractivity contribution in [3.63, 3.8) is 0 Å². The Morgan fingerprint density at radius 2 is 2.50 bits per heavy atom. The standard InChI is InChI=1S/C10H14N2/c1-8-7-11-6-4-9(8)10-3-2-5-12-10/h4,6-7,10,12H,2-3,5H2,1H3/t10-/m0/s1. The van der Waals surface area contributed by atoms with Gasteiger partial charge in [0.15, 0.2) is 0 Å². The molecule has 0 unspecified atom stereocenters. The van der Waals surface area contributed by atoms with E-state index < -0.39 is 0 Å². The molecule has 1 aromatic rings. The third-order valence-electron chi connectivity index (χ3n) is 2.50. The van der Waals surface area contributed by atoms with E-state index in [-0.39, 0.29) is 0 Å². The van der Waals surface area contributed by atoms with Crippen molar-refractivity contribution in [3.05, 3.63) is 29.6 Å². The van der Waals surface area contributed by atoms with Gasteiger partial charge >= 0.3 is 0 Å². The zero-order valence-electron chi connectivity index (χ0n) is 7.38. The summed E-state index contributed by atoms with van der Waals surface area (Å²) in [6.45, 7) is 3.29. The summed E-state index contributed by atoms with van der Waals surface area (Å²) in [4.78, 5) is 4.09. The van der Waals surface area contributed by atoms with Crippen molar-refractivity contribution in [2.75, 3.05) is 6.54 Å². The molecule has 64 valence electrons. The number of aryl methyl sites for hydroxylation is 1. The lowest BCUT2D eigenvalue weighted by atomic mass is 10.0. The molecule has 2 nitrogen and oxygen atoms in total. The van der Waals surface area contributed by atoms with E-state index in [1.807, 2.05) is 12.4 Å². The van der Waals surface area contributed by atoms with Gasteiger partial charge in [0.2, 0.25) is 0 Å². The monoisotopic (exact) mass is 162 g/mol. The zero-order chi connectivity index (χ0) is 8.39. The first kappa shape index (κ1) is 7.74. The number of hydrogen-bond donors (Lipinski definition) is 1. The van der Waals surface area contributed by atoms with E-state index in [1.165, 1.54) is 24.0 Å². The lowest BCUT2D eigenvalue weighted by Gasteiger charge is -2.12. The van der Waals surface area contributed by atoms with Crippen LogP contribution in [0.3, 0.4) is 0 Å². The highest BCUT2D eigenvalue weighted by atomic mass is 14.9. The molecule has 1 aliphatic heterocycles. The molecule has 0 radical (unpaired) electrons. The van der Waals surface area contributed by atoms with Crippen LogP contribution in [0, 0.1) is 6.92 Å². The molecule has 0 bridgehead atoms. The Bertz CT molecular complexity index is 264. The van der Waals surface area contributed by atoms with Gasteiger partial charge in [-0.05, 0) is 43.5 Å². The molecule has 1 atom stereocenters. The summed E-state index contributed by atoms with van der Waals surface area (Å²) in [6.07, 6.45) is 6.38. The van der Waals surface area contributed by atoms with Gasteiger partial charge in [0, 0.05) is 18.4 Å². The average molecular weight is 162 g/mol. The quantitative estimate of drug-likeness (QED) is 0.681. The molecule has 12 heavy (non-hydrogen) atoms. The third kappa shape index (κ3) is 1.34. The highest BCUT2D eigenvalue weighted by Gasteiger charge is 2.16. The molecule has 2 heterocycles. The van der Waals surface area contributed by atoms with Crippen molar-refractivity contribution in [2.24, 2.45) is 0 Å². The molecule has 1 N–H and O–H groups in total. The molecule has 2 rings (SSSR count). The van der Waals surface area contributed by atoms with Gasteiger partial charge in [0.05, 0.1) is 0 Å². The summed E-state index contributed by atoms with van der Waals surface area (Å²) < 4.78 is 0. The summed E-state index contributed by atoms with van der Waals surface area (Å²) in [7, 11) is 0. The van der Waals surface area contributed by atoms with Crippen molar-refractivity contribution >= 4 is 0 Å². The molecule has 1 aliphatic rings. The molecule has 2 heteroatoms. The van der Waals surface area contributed by atoms with Gasteiger partial charge < -0.3 is 5.32 Å². The van der Waals surface area contributed by atoms with Gasteiger partial charge in [-0.15, -0.1) is 0 Å². The van der Waals surface area contributed by atoms with Crippen LogP contribution in [-0.4, -0.2) is 11.5 Å². The van der Waals surface area contributed by atoms with E-state index in [0.29, 0.717) is 6.04 Å². The molecule has 0 spiro atoms. The predicted octanol–water partition coefficient (Wildman–Crippen LogP) is 1.81. The van der Waals surface area contributed by atoms with Gasteiger partial charge in [0.1, 0.15) is 0 Å². The van der Waals surface area contributed by atoms with Crippen molar-refractivity contribution in [1.82, 2.24) is 10.3 Å². The van der Waals surface area contributed by atoms with Crippen molar-refractivity contribution in [3.8, 4) is 0 Å². The maximum atomic E-state index is 4.09. The average Bonchev–Trinajstić information content (AvgIpc) is 2.57. The Hall–Kier alpha value is -0.890. The van der Waals surface area contributed by atoms with E-state index in [2.05, 4.69) is 23.3 Å². The molecular weight excluding hydrogens is 148 g/mol. The van der Waals surface area contributed by atoms with E-state index in [1.54, 1.807) is 0 Å². The van der Waals surface area contributed by atoms with Crippen LogP contribution in [-0.2, 0) is 0 Å². The number of nitrogens with one attached hydrogen (secondary N) is 1. The van der Waals surface area contributed by atoms with Gasteiger partial charge in [-0.25, -0.2) is 0 Å². The smallest absolute Gasteiger partial charge is 0.0324 e. The Morgan fingerprint density at radius 3 is 3.17 bits per heavy atom. The Morgan fingerprint density at radius 1 is 1.58 bits per heavy atom. The highest BCUT2D eigenvalue weighted by molar-refractivity contribution is 5.25. The second-order valence-electron chi connectivity index (χ2n) is 3.38. The number of hydrogen-bond acceptors (Lipinski definition) is 2. The summed E-state index contributed by atoms with van der Waals surface area (Å²) in [5, 5.41) is 3.49. The molecule has 0 amide bonds. The lowest BCUT2D eigenvalue weighted by molar-refractivity contribution is 0.642. The largest absolute Gasteiger partial charge is 0.310 e. The lowest BCUT2D eigenvalue weighted by Crippen LogP contribution is -2.13. The number of rotatable bonds is 1. The van der Waals surface area contributed by atoms with Gasteiger partial charge in [-0.3, -0.25) is 4.98 Å². The summed E-state index contributed by atoms with van der Waals surface area (Å²) >= 11 is 0. The fourth-order valence-corrected chi connectivity index (χ4v) is 1.83. The van der Waals surface area contributed by atoms with Crippen LogP contribution in [0.4, 0.5) is 0 Å². The van der Waals surface area contributed by atoms with Crippen molar-refractivity contribution in [1.29, 1.82) is 0 Å². The van der Waals surface area contributed by atoms with Crippen molar-refractivity contribution < 1.29 is 0 Å². The first-order chi connectivity index (χ1) is 5.88. The second kappa shape index (κ2) is 3.23. The van der Waals surface area contributed by atoms with Gasteiger partial charge in [-0.2, -0.15) is 0 Å². The predicted molar refractivity (Wildman–Crippen MR) is 49.0 cm³/mol. The van der Waals surface area contributed by atoms with Crippen molar-refractivity contribution in [2.45, 2.75) is 25.8 Å². The SMILES string of the molecule is Cc1cnccc1[C@@H]1CCCN1. The molecule has 1 fully saturated rings. The minimum Gasteiger partial charge on any atom is -0.310 e. The minimum absolute atomic E-state index is 0.577. The molecule has 0 aliphatic carbocycles. The first-order valence-corrected chi connectivity index (χ1v) is 4.52. The Kier molecular flexibility index (Phi) is 2.09. The maximum Gasteiger partial charge on any atom is 0.0324 e. The van der Waals surface area contributed by atoms with E-state index >= 15 is 0 Å². The van der Waals surface area contributed by atoms with Crippen LogP contribution in [0.1, 0.15) is 30.0 Å². The summed E-state index contributed by atoms with van der Waals surface area (Å²) in [6, 6.07) is 2.70. The molecular formula is C10H14N2. The van der Waals surface area contributed by atoms with Crippen LogP contribution in [0.25, 0.3) is 0 Å². The number of pyridine rings is 1. The number of aromatic nitrogens is 1. The molecule has 1 saturated heterocycles. The van der Waals surface area contributed by atoms with E-state index in [0.717, 1.165) is 6.54 Å². The fraction of sp³-hybridized carbons (Fsp3) is 0.500.